The first-order valence-electron chi connectivity index (χ1n) is 8.16. The predicted molar refractivity (Wildman–Crippen MR) is 93.2 cm³/mol. The van der Waals surface area contributed by atoms with Crippen molar-refractivity contribution < 1.29 is 13.9 Å². The maximum absolute atomic E-state index is 11.9. The van der Waals surface area contributed by atoms with Crippen LogP contribution < -0.4 is 15.5 Å². The number of urea groups is 1. The highest BCUT2D eigenvalue weighted by atomic mass is 16.5. The second-order valence-electron chi connectivity index (χ2n) is 6.15. The number of nitrogens with zero attached hydrogens (tertiary/aromatic N) is 1. The second kappa shape index (κ2) is 7.40. The van der Waals surface area contributed by atoms with Crippen LogP contribution in [0.15, 0.2) is 47.3 Å². The Morgan fingerprint density at radius 2 is 1.88 bits per heavy atom. The molecule has 1 aliphatic rings. The molecule has 1 aromatic carbocycles. The standard InChI is InChI=1S/C18H23N3O3/c1-13-10-21(11-14(2)24-13)17-5-3-16(4-6-17)20-18(22)19-9-15-7-8-23-12-15/h3-8,12-14H,9-11H2,1-2H3,(H2,19,20,22)/t13-,14+. The molecular weight excluding hydrogens is 306 g/mol. The topological polar surface area (TPSA) is 66.7 Å². The molecule has 0 radical (unpaired) electrons. The minimum Gasteiger partial charge on any atom is -0.472 e. The summed E-state index contributed by atoms with van der Waals surface area (Å²) in [6, 6.07) is 9.46. The van der Waals surface area contributed by atoms with E-state index in [9.17, 15) is 4.79 Å². The molecule has 1 fully saturated rings. The number of benzene rings is 1. The average molecular weight is 329 g/mol. The fraction of sp³-hybridized carbons (Fsp3) is 0.389. The van der Waals surface area contributed by atoms with Crippen molar-refractivity contribution in [3.8, 4) is 0 Å². The van der Waals surface area contributed by atoms with Crippen molar-refractivity contribution in [3.63, 3.8) is 0 Å². The number of amides is 2. The van der Waals surface area contributed by atoms with E-state index in [1.165, 1.54) is 0 Å². The number of nitrogens with one attached hydrogen (secondary N) is 2. The Labute approximate surface area is 141 Å². The fourth-order valence-corrected chi connectivity index (χ4v) is 2.90. The zero-order valence-corrected chi connectivity index (χ0v) is 14.0. The van der Waals surface area contributed by atoms with E-state index in [4.69, 9.17) is 9.15 Å². The largest absolute Gasteiger partial charge is 0.472 e. The number of rotatable bonds is 4. The summed E-state index contributed by atoms with van der Waals surface area (Å²) in [4.78, 5) is 14.2. The van der Waals surface area contributed by atoms with Crippen LogP contribution in [0, 0.1) is 0 Å². The zero-order chi connectivity index (χ0) is 16.9. The number of furan rings is 1. The molecule has 0 aliphatic carbocycles. The lowest BCUT2D eigenvalue weighted by molar-refractivity contribution is -0.00521. The number of hydrogen-bond acceptors (Lipinski definition) is 4. The number of anilines is 2. The molecule has 2 atom stereocenters. The van der Waals surface area contributed by atoms with E-state index in [-0.39, 0.29) is 18.2 Å². The molecule has 2 N–H and O–H groups in total. The van der Waals surface area contributed by atoms with Gasteiger partial charge in [0.05, 0.1) is 24.7 Å². The molecule has 1 saturated heterocycles. The van der Waals surface area contributed by atoms with Crippen molar-refractivity contribution >= 4 is 17.4 Å². The van der Waals surface area contributed by atoms with Gasteiger partial charge in [-0.2, -0.15) is 0 Å². The number of carbonyl (C=O) groups is 1. The number of hydrogen-bond donors (Lipinski definition) is 2. The number of ether oxygens (including phenoxy) is 1. The Morgan fingerprint density at radius 1 is 1.17 bits per heavy atom. The van der Waals surface area contributed by atoms with Gasteiger partial charge < -0.3 is 24.7 Å². The molecule has 2 aromatic rings. The van der Waals surface area contributed by atoms with Crippen molar-refractivity contribution in [2.45, 2.75) is 32.6 Å². The summed E-state index contributed by atoms with van der Waals surface area (Å²) in [6.07, 6.45) is 3.64. The monoisotopic (exact) mass is 329 g/mol. The van der Waals surface area contributed by atoms with Crippen LogP contribution in [-0.2, 0) is 11.3 Å². The first-order valence-corrected chi connectivity index (χ1v) is 8.16. The Kier molecular flexibility index (Phi) is 5.05. The van der Waals surface area contributed by atoms with Gasteiger partial charge in [0.25, 0.3) is 0 Å². The van der Waals surface area contributed by atoms with Gasteiger partial charge in [-0.1, -0.05) is 0 Å². The zero-order valence-electron chi connectivity index (χ0n) is 14.0. The number of morpholine rings is 1. The van der Waals surface area contributed by atoms with Gasteiger partial charge in [0.1, 0.15) is 0 Å². The van der Waals surface area contributed by atoms with E-state index in [1.807, 2.05) is 30.3 Å². The van der Waals surface area contributed by atoms with Gasteiger partial charge in [0.2, 0.25) is 0 Å². The van der Waals surface area contributed by atoms with Crippen LogP contribution in [0.25, 0.3) is 0 Å². The molecule has 3 rings (SSSR count). The Hall–Kier alpha value is -2.47. The third-order valence-corrected chi connectivity index (χ3v) is 3.94. The summed E-state index contributed by atoms with van der Waals surface area (Å²) in [5.41, 5.74) is 2.83. The van der Waals surface area contributed by atoms with E-state index in [2.05, 4.69) is 29.4 Å². The van der Waals surface area contributed by atoms with Crippen molar-refractivity contribution in [2.24, 2.45) is 0 Å². The molecule has 0 bridgehead atoms. The maximum atomic E-state index is 11.9. The van der Waals surface area contributed by atoms with Crippen LogP contribution >= 0.6 is 0 Å². The molecule has 24 heavy (non-hydrogen) atoms. The summed E-state index contributed by atoms with van der Waals surface area (Å²) in [5.74, 6) is 0. The molecule has 128 valence electrons. The van der Waals surface area contributed by atoms with E-state index in [0.29, 0.717) is 6.54 Å². The Bertz CT molecular complexity index is 645. The second-order valence-corrected chi connectivity index (χ2v) is 6.15. The summed E-state index contributed by atoms with van der Waals surface area (Å²) in [5, 5.41) is 5.61. The summed E-state index contributed by atoms with van der Waals surface area (Å²) in [7, 11) is 0. The van der Waals surface area contributed by atoms with Crippen molar-refractivity contribution in [1.82, 2.24) is 5.32 Å². The molecule has 1 aliphatic heterocycles. The Morgan fingerprint density at radius 3 is 2.50 bits per heavy atom. The summed E-state index contributed by atoms with van der Waals surface area (Å²) < 4.78 is 10.7. The SMILES string of the molecule is C[C@@H]1CN(c2ccc(NC(=O)NCc3ccoc3)cc2)C[C@H](C)O1. The summed E-state index contributed by atoms with van der Waals surface area (Å²) in [6.45, 7) is 6.36. The molecular formula is C18H23N3O3. The van der Waals surface area contributed by atoms with E-state index >= 15 is 0 Å². The van der Waals surface area contributed by atoms with Crippen LogP contribution in [-0.4, -0.2) is 31.3 Å². The highest BCUT2D eigenvalue weighted by Gasteiger charge is 2.22. The molecule has 2 heterocycles. The fourth-order valence-electron chi connectivity index (χ4n) is 2.90. The lowest BCUT2D eigenvalue weighted by Crippen LogP contribution is -2.45. The van der Waals surface area contributed by atoms with Gasteiger partial charge in [-0.3, -0.25) is 0 Å². The van der Waals surface area contributed by atoms with Gasteiger partial charge >= 0.3 is 6.03 Å². The van der Waals surface area contributed by atoms with E-state index in [1.54, 1.807) is 12.5 Å². The molecule has 6 heteroatoms. The van der Waals surface area contributed by atoms with Crippen molar-refractivity contribution in [1.29, 1.82) is 0 Å². The lowest BCUT2D eigenvalue weighted by Gasteiger charge is -2.36. The van der Waals surface area contributed by atoms with Gasteiger partial charge in [-0.25, -0.2) is 4.79 Å². The minimum atomic E-state index is -0.238. The van der Waals surface area contributed by atoms with Crippen LogP contribution in [0.5, 0.6) is 0 Å². The third kappa shape index (κ3) is 4.29. The highest BCUT2D eigenvalue weighted by Crippen LogP contribution is 2.22. The van der Waals surface area contributed by atoms with Crippen LogP contribution in [0.2, 0.25) is 0 Å². The normalized spacial score (nSPS) is 20.7. The molecule has 0 saturated carbocycles. The quantitative estimate of drug-likeness (QED) is 0.904. The molecule has 2 amide bonds. The van der Waals surface area contributed by atoms with Crippen LogP contribution in [0.3, 0.4) is 0 Å². The van der Waals surface area contributed by atoms with E-state index < -0.39 is 0 Å². The van der Waals surface area contributed by atoms with Crippen LogP contribution in [0.1, 0.15) is 19.4 Å². The van der Waals surface area contributed by atoms with Crippen molar-refractivity contribution in [2.75, 3.05) is 23.3 Å². The Balaban J connectivity index is 1.53. The van der Waals surface area contributed by atoms with E-state index in [0.717, 1.165) is 30.0 Å². The van der Waals surface area contributed by atoms with Gasteiger partial charge in [0, 0.05) is 36.6 Å². The average Bonchev–Trinajstić information content (AvgIpc) is 3.06. The smallest absolute Gasteiger partial charge is 0.319 e. The third-order valence-electron chi connectivity index (χ3n) is 3.94. The van der Waals surface area contributed by atoms with Gasteiger partial charge in [-0.05, 0) is 44.2 Å². The first kappa shape index (κ1) is 16.4. The molecule has 0 spiro atoms. The first-order chi connectivity index (χ1) is 11.6. The highest BCUT2D eigenvalue weighted by molar-refractivity contribution is 5.89. The summed E-state index contributed by atoms with van der Waals surface area (Å²) >= 11 is 0. The lowest BCUT2D eigenvalue weighted by atomic mass is 10.2. The van der Waals surface area contributed by atoms with Crippen molar-refractivity contribution in [3.05, 3.63) is 48.4 Å². The molecule has 0 unspecified atom stereocenters. The van der Waals surface area contributed by atoms with Crippen LogP contribution in [0.4, 0.5) is 16.2 Å². The molecule has 1 aromatic heterocycles. The van der Waals surface area contributed by atoms with Gasteiger partial charge in [0.15, 0.2) is 0 Å². The van der Waals surface area contributed by atoms with Gasteiger partial charge in [-0.15, -0.1) is 0 Å². The number of carbonyl (C=O) groups excluding carboxylic acids is 1. The predicted octanol–water partition coefficient (Wildman–Crippen LogP) is 3.21. The minimum absolute atomic E-state index is 0.222. The molecule has 6 nitrogen and oxygen atoms in total. The maximum Gasteiger partial charge on any atom is 0.319 e.